The van der Waals surface area contributed by atoms with Crippen molar-refractivity contribution in [2.24, 2.45) is 0 Å². The van der Waals surface area contributed by atoms with Crippen LogP contribution in [0.15, 0.2) is 0 Å². The second-order valence-electron chi connectivity index (χ2n) is 3.58. The number of piperazine rings is 1. The third kappa shape index (κ3) is 4.04. The second-order valence-corrected chi connectivity index (χ2v) is 3.58. The van der Waals surface area contributed by atoms with E-state index in [1.165, 1.54) is 0 Å². The number of hydrogen-bond donors (Lipinski definition) is 1. The molecule has 1 rings (SSSR count). The normalized spacial score (nSPS) is 19.8. The minimum Gasteiger partial charge on any atom is -0.395 e. The minimum atomic E-state index is -0.484. The number of aliphatic hydroxyl groups is 1. The van der Waals surface area contributed by atoms with Crippen molar-refractivity contribution in [2.45, 2.75) is 6.42 Å². The molecule has 5 nitrogen and oxygen atoms in total. The quantitative estimate of drug-likeness (QED) is 0.605. The largest absolute Gasteiger partial charge is 0.395 e. The van der Waals surface area contributed by atoms with Gasteiger partial charge in [-0.25, -0.2) is 0 Å². The van der Waals surface area contributed by atoms with E-state index in [2.05, 4.69) is 9.80 Å². The van der Waals surface area contributed by atoms with Gasteiger partial charge in [-0.05, 0) is 0 Å². The van der Waals surface area contributed by atoms with Gasteiger partial charge in [0.2, 0.25) is 5.91 Å². The average molecular weight is 200 g/mol. The molecule has 0 unspecified atom stereocenters. The molecule has 1 amide bonds. The van der Waals surface area contributed by atoms with Gasteiger partial charge in [0.25, 0.3) is 0 Å². The molecule has 1 saturated heterocycles. The van der Waals surface area contributed by atoms with E-state index < -0.39 is 5.91 Å². The van der Waals surface area contributed by atoms with E-state index in [4.69, 9.17) is 10.8 Å². The Bertz CT molecular complexity index is 179. The van der Waals surface area contributed by atoms with Crippen LogP contribution in [0, 0.1) is 0 Å². The number of carbonyl (C=O) groups excluding carboxylic acids is 1. The Morgan fingerprint density at radius 2 is 1.64 bits per heavy atom. The highest BCUT2D eigenvalue weighted by molar-refractivity contribution is 5.73. The van der Waals surface area contributed by atoms with E-state index in [0.717, 1.165) is 32.7 Å². The Hall–Kier alpha value is -0.650. The summed E-state index contributed by atoms with van der Waals surface area (Å²) in [5.74, 6) is -0.484. The predicted molar refractivity (Wildman–Crippen MR) is 52.7 cm³/mol. The highest BCUT2D eigenvalue weighted by Gasteiger charge is 2.16. The summed E-state index contributed by atoms with van der Waals surface area (Å²) >= 11 is 0. The summed E-state index contributed by atoms with van der Waals surface area (Å²) in [6.45, 7) is 5.44. The van der Waals surface area contributed by atoms with Crippen LogP contribution in [-0.2, 0) is 4.79 Å². The number of aliphatic hydroxyl groups excluding tert-OH is 1. The first-order chi connectivity index (χ1) is 6.72. The molecule has 0 aromatic heterocycles. The predicted octanol–water partition coefficient (Wildman–Crippen LogP) is -1.20. The van der Waals surface area contributed by atoms with Crippen molar-refractivity contribution in [3.63, 3.8) is 0 Å². The lowest BCUT2D eigenvalue weighted by Crippen LogP contribution is -2.47. The molecule has 81 valence electrons. The maximum Gasteiger partial charge on any atom is 0.239 e. The van der Waals surface area contributed by atoms with E-state index in [1.54, 1.807) is 0 Å². The first-order valence-electron chi connectivity index (χ1n) is 5.02. The van der Waals surface area contributed by atoms with E-state index >= 15 is 0 Å². The van der Waals surface area contributed by atoms with Crippen LogP contribution in [0.1, 0.15) is 6.42 Å². The molecule has 0 atom stereocenters. The number of amides is 1. The Morgan fingerprint density at radius 1 is 1.14 bits per heavy atom. The van der Waals surface area contributed by atoms with Crippen LogP contribution in [-0.4, -0.2) is 66.7 Å². The lowest BCUT2D eigenvalue weighted by Gasteiger charge is -2.33. The summed E-state index contributed by atoms with van der Waals surface area (Å²) < 4.78 is 0. The molecule has 1 radical (unpaired) electrons. The fourth-order valence-electron chi connectivity index (χ4n) is 1.64. The highest BCUT2D eigenvalue weighted by atomic mass is 16.3. The van der Waals surface area contributed by atoms with Gasteiger partial charge in [-0.3, -0.25) is 15.4 Å². The van der Waals surface area contributed by atoms with Crippen molar-refractivity contribution in [1.29, 1.82) is 0 Å². The van der Waals surface area contributed by atoms with E-state index in [-0.39, 0.29) is 6.61 Å². The maximum absolute atomic E-state index is 10.4. The molecule has 0 aromatic carbocycles. The molecule has 1 heterocycles. The molecular formula is C9H18N3O2. The molecule has 5 heteroatoms. The van der Waals surface area contributed by atoms with Gasteiger partial charge in [-0.15, -0.1) is 0 Å². The second kappa shape index (κ2) is 5.95. The monoisotopic (exact) mass is 200 g/mol. The SMILES string of the molecule is [NH]C(=O)CCN1CCN(CCO)CC1. The molecule has 0 saturated carbocycles. The standard InChI is InChI=1S/C9H18N3O2/c10-9(14)1-2-11-3-5-12(6-4-11)7-8-13/h10,13H,1-8H2. The highest BCUT2D eigenvalue weighted by Crippen LogP contribution is 2.01. The summed E-state index contributed by atoms with van der Waals surface area (Å²) in [5.41, 5.74) is 6.79. The molecule has 14 heavy (non-hydrogen) atoms. The fraction of sp³-hybridized carbons (Fsp3) is 0.889. The average Bonchev–Trinajstić information content (AvgIpc) is 2.17. The summed E-state index contributed by atoms with van der Waals surface area (Å²) in [5, 5.41) is 8.74. The number of hydrogen-bond acceptors (Lipinski definition) is 4. The van der Waals surface area contributed by atoms with Crippen molar-refractivity contribution in [3.05, 3.63) is 0 Å². The van der Waals surface area contributed by atoms with Crippen LogP contribution >= 0.6 is 0 Å². The summed E-state index contributed by atoms with van der Waals surface area (Å²) in [4.78, 5) is 14.9. The fourth-order valence-corrected chi connectivity index (χ4v) is 1.64. The molecule has 1 aliphatic rings. The van der Waals surface area contributed by atoms with E-state index in [0.29, 0.717) is 13.0 Å². The third-order valence-electron chi connectivity index (χ3n) is 2.54. The molecule has 1 aliphatic heterocycles. The van der Waals surface area contributed by atoms with Gasteiger partial charge in [-0.2, -0.15) is 0 Å². The van der Waals surface area contributed by atoms with Crippen LogP contribution in [0.5, 0.6) is 0 Å². The van der Waals surface area contributed by atoms with Crippen molar-refractivity contribution < 1.29 is 9.90 Å². The number of rotatable bonds is 5. The Kier molecular flexibility index (Phi) is 4.86. The van der Waals surface area contributed by atoms with E-state index in [1.807, 2.05) is 0 Å². The summed E-state index contributed by atoms with van der Waals surface area (Å²) in [6.07, 6.45) is 0.333. The van der Waals surface area contributed by atoms with Gasteiger partial charge in [0, 0.05) is 45.7 Å². The first-order valence-corrected chi connectivity index (χ1v) is 5.02. The molecule has 0 spiro atoms. The number of carbonyl (C=O) groups is 1. The maximum atomic E-state index is 10.4. The van der Waals surface area contributed by atoms with Crippen LogP contribution in [0.2, 0.25) is 0 Å². The topological polar surface area (TPSA) is 67.6 Å². The number of nitrogens with zero attached hydrogens (tertiary/aromatic N) is 2. The summed E-state index contributed by atoms with van der Waals surface area (Å²) in [6, 6.07) is 0. The van der Waals surface area contributed by atoms with Gasteiger partial charge in [0.15, 0.2) is 0 Å². The van der Waals surface area contributed by atoms with Crippen LogP contribution in [0.4, 0.5) is 0 Å². The van der Waals surface area contributed by atoms with Crippen LogP contribution in [0.25, 0.3) is 0 Å². The van der Waals surface area contributed by atoms with Gasteiger partial charge in [-0.1, -0.05) is 0 Å². The molecule has 2 N–H and O–H groups in total. The Labute approximate surface area is 84.5 Å². The Balaban J connectivity index is 2.12. The smallest absolute Gasteiger partial charge is 0.239 e. The van der Waals surface area contributed by atoms with Gasteiger partial charge < -0.3 is 10.0 Å². The minimum absolute atomic E-state index is 0.213. The van der Waals surface area contributed by atoms with Gasteiger partial charge in [0.1, 0.15) is 0 Å². The molecule has 0 bridgehead atoms. The molecular weight excluding hydrogens is 182 g/mol. The lowest BCUT2D eigenvalue weighted by atomic mass is 10.3. The lowest BCUT2D eigenvalue weighted by molar-refractivity contribution is -0.119. The summed E-state index contributed by atoms with van der Waals surface area (Å²) in [7, 11) is 0. The Morgan fingerprint density at radius 3 is 2.07 bits per heavy atom. The number of nitrogens with one attached hydrogen (secondary N) is 1. The molecule has 0 aromatic rings. The van der Waals surface area contributed by atoms with E-state index in [9.17, 15) is 4.79 Å². The molecule has 0 aliphatic carbocycles. The van der Waals surface area contributed by atoms with Crippen molar-refractivity contribution in [2.75, 3.05) is 45.9 Å². The first kappa shape index (κ1) is 11.4. The zero-order valence-electron chi connectivity index (χ0n) is 8.41. The third-order valence-corrected chi connectivity index (χ3v) is 2.54. The van der Waals surface area contributed by atoms with Crippen molar-refractivity contribution in [3.8, 4) is 0 Å². The van der Waals surface area contributed by atoms with Gasteiger partial charge >= 0.3 is 0 Å². The van der Waals surface area contributed by atoms with Crippen molar-refractivity contribution in [1.82, 2.24) is 15.5 Å². The van der Waals surface area contributed by atoms with Crippen molar-refractivity contribution >= 4 is 5.91 Å². The number of β-amino-alcohol motifs (C(OH)–C–C–N with tert-alkyl or cyclic N) is 1. The van der Waals surface area contributed by atoms with Crippen LogP contribution in [0.3, 0.4) is 0 Å². The zero-order chi connectivity index (χ0) is 10.4. The van der Waals surface area contributed by atoms with Crippen LogP contribution < -0.4 is 5.73 Å². The van der Waals surface area contributed by atoms with Gasteiger partial charge in [0.05, 0.1) is 6.61 Å². The zero-order valence-corrected chi connectivity index (χ0v) is 8.41. The molecule has 1 fully saturated rings.